The quantitative estimate of drug-likeness (QED) is 0.646. The number of hydrogen-bond donors (Lipinski definition) is 3. The third-order valence-corrected chi connectivity index (χ3v) is 2.56. The van der Waals surface area contributed by atoms with Crippen LogP contribution in [0, 0.1) is 6.92 Å². The Bertz CT molecular complexity index is 466. The normalized spacial score (nSPS) is 9.70. The summed E-state index contributed by atoms with van der Waals surface area (Å²) in [5, 5.41) is 5.62. The van der Waals surface area contributed by atoms with E-state index in [0.29, 0.717) is 24.4 Å². The second-order valence-electron chi connectivity index (χ2n) is 4.11. The van der Waals surface area contributed by atoms with Crippen LogP contribution in [0.1, 0.15) is 15.9 Å². The third kappa shape index (κ3) is 6.01. The van der Waals surface area contributed by atoms with Crippen LogP contribution in [0.5, 0.6) is 0 Å². The number of aryl methyl sites for hydroxylation is 1. The fraction of sp³-hybridized carbons (Fsp3) is 0.385. The first-order valence-corrected chi connectivity index (χ1v) is 5.94. The smallest absolute Gasteiger partial charge is 0.249 e. The molecule has 0 aromatic heterocycles. The van der Waals surface area contributed by atoms with E-state index in [2.05, 4.69) is 10.6 Å². The van der Waals surface area contributed by atoms with Crippen molar-refractivity contribution in [3.8, 4) is 0 Å². The lowest BCUT2D eigenvalue weighted by molar-refractivity contribution is -0.115. The molecule has 0 heterocycles. The summed E-state index contributed by atoms with van der Waals surface area (Å²) in [4.78, 5) is 22.8. The summed E-state index contributed by atoms with van der Waals surface area (Å²) >= 11 is 0. The maximum absolute atomic E-state index is 11.6. The number of hydrogen-bond acceptors (Lipinski definition) is 4. The van der Waals surface area contributed by atoms with Gasteiger partial charge in [0, 0.05) is 24.9 Å². The Labute approximate surface area is 124 Å². The molecule has 7 heteroatoms. The number of benzene rings is 1. The lowest BCUT2D eigenvalue weighted by Gasteiger charge is -2.09. The molecule has 0 aliphatic rings. The molecule has 0 saturated heterocycles. The Morgan fingerprint density at radius 2 is 2.05 bits per heavy atom. The van der Waals surface area contributed by atoms with Crippen molar-refractivity contribution in [2.45, 2.75) is 6.92 Å². The highest BCUT2D eigenvalue weighted by Crippen LogP contribution is 2.14. The molecule has 1 aromatic carbocycles. The maximum Gasteiger partial charge on any atom is 0.249 e. The van der Waals surface area contributed by atoms with E-state index in [1.807, 2.05) is 0 Å². The minimum Gasteiger partial charge on any atom is -0.383 e. The SMILES string of the molecule is COCCNCC(=O)Nc1ccc(C)c(C(N)=O)c1.Cl. The van der Waals surface area contributed by atoms with Crippen molar-refractivity contribution >= 4 is 29.9 Å². The van der Waals surface area contributed by atoms with Crippen LogP contribution in [0.2, 0.25) is 0 Å². The van der Waals surface area contributed by atoms with Crippen molar-refractivity contribution in [3.63, 3.8) is 0 Å². The monoisotopic (exact) mass is 301 g/mol. The van der Waals surface area contributed by atoms with Gasteiger partial charge in [0.25, 0.3) is 0 Å². The Kier molecular flexibility index (Phi) is 8.54. The fourth-order valence-electron chi connectivity index (χ4n) is 1.55. The molecule has 0 atom stereocenters. The first kappa shape index (κ1) is 18.4. The highest BCUT2D eigenvalue weighted by molar-refractivity contribution is 5.97. The number of amides is 2. The van der Waals surface area contributed by atoms with Crippen molar-refractivity contribution in [1.29, 1.82) is 0 Å². The summed E-state index contributed by atoms with van der Waals surface area (Å²) in [7, 11) is 1.60. The molecule has 20 heavy (non-hydrogen) atoms. The fourth-order valence-corrected chi connectivity index (χ4v) is 1.55. The summed E-state index contributed by atoms with van der Waals surface area (Å²) < 4.78 is 4.85. The second kappa shape index (κ2) is 9.30. The summed E-state index contributed by atoms with van der Waals surface area (Å²) in [5.41, 5.74) is 6.99. The molecule has 1 rings (SSSR count). The molecule has 6 nitrogen and oxygen atoms in total. The third-order valence-electron chi connectivity index (χ3n) is 2.56. The topological polar surface area (TPSA) is 93.4 Å². The second-order valence-corrected chi connectivity index (χ2v) is 4.11. The number of halogens is 1. The van der Waals surface area contributed by atoms with E-state index in [4.69, 9.17) is 10.5 Å². The van der Waals surface area contributed by atoms with Gasteiger partial charge >= 0.3 is 0 Å². The molecule has 0 fully saturated rings. The number of rotatable bonds is 7. The average Bonchev–Trinajstić information content (AvgIpc) is 2.36. The van der Waals surface area contributed by atoms with E-state index in [1.54, 1.807) is 32.2 Å². The highest BCUT2D eigenvalue weighted by atomic mass is 35.5. The number of carbonyl (C=O) groups excluding carboxylic acids is 2. The van der Waals surface area contributed by atoms with Crippen molar-refractivity contribution in [2.75, 3.05) is 32.1 Å². The summed E-state index contributed by atoms with van der Waals surface area (Å²) in [5.74, 6) is -0.692. The van der Waals surface area contributed by atoms with Crippen molar-refractivity contribution in [3.05, 3.63) is 29.3 Å². The molecule has 0 unspecified atom stereocenters. The van der Waals surface area contributed by atoms with E-state index in [-0.39, 0.29) is 24.9 Å². The van der Waals surface area contributed by atoms with Crippen LogP contribution in [-0.2, 0) is 9.53 Å². The van der Waals surface area contributed by atoms with Gasteiger partial charge in [0.15, 0.2) is 0 Å². The average molecular weight is 302 g/mol. The van der Waals surface area contributed by atoms with E-state index >= 15 is 0 Å². The number of primary amides is 1. The van der Waals surface area contributed by atoms with Gasteiger partial charge in [-0.1, -0.05) is 6.07 Å². The zero-order valence-corrected chi connectivity index (χ0v) is 12.4. The first-order chi connectivity index (χ1) is 9.04. The number of methoxy groups -OCH3 is 1. The summed E-state index contributed by atoms with van der Waals surface area (Å²) in [6.45, 7) is 3.12. The van der Waals surface area contributed by atoms with Gasteiger partial charge in [-0.2, -0.15) is 0 Å². The Balaban J connectivity index is 0.00000361. The largest absolute Gasteiger partial charge is 0.383 e. The van der Waals surface area contributed by atoms with Crippen LogP contribution in [-0.4, -0.2) is 38.6 Å². The number of anilines is 1. The molecule has 0 aliphatic carbocycles. The van der Waals surface area contributed by atoms with Gasteiger partial charge in [-0.3, -0.25) is 9.59 Å². The molecule has 0 spiro atoms. The molecule has 4 N–H and O–H groups in total. The van der Waals surface area contributed by atoms with E-state index in [1.165, 1.54) is 0 Å². The minimum atomic E-state index is -0.508. The van der Waals surface area contributed by atoms with Gasteiger partial charge in [0.05, 0.1) is 13.2 Å². The minimum absolute atomic E-state index is 0. The van der Waals surface area contributed by atoms with E-state index in [9.17, 15) is 9.59 Å². The van der Waals surface area contributed by atoms with Crippen LogP contribution in [0.3, 0.4) is 0 Å². The van der Waals surface area contributed by atoms with Crippen LogP contribution in [0.4, 0.5) is 5.69 Å². The van der Waals surface area contributed by atoms with Crippen LogP contribution in [0.15, 0.2) is 18.2 Å². The van der Waals surface area contributed by atoms with Crippen LogP contribution < -0.4 is 16.4 Å². The standard InChI is InChI=1S/C13H19N3O3.ClH/c1-9-3-4-10(7-11(9)13(14)18)16-12(17)8-15-5-6-19-2;/h3-4,7,15H,5-6,8H2,1-2H3,(H2,14,18)(H,16,17);1H. The Hall–Kier alpha value is -1.63. The van der Waals surface area contributed by atoms with Gasteiger partial charge in [-0.25, -0.2) is 0 Å². The van der Waals surface area contributed by atoms with E-state index < -0.39 is 5.91 Å². The van der Waals surface area contributed by atoms with Gasteiger partial charge in [-0.05, 0) is 24.6 Å². The predicted molar refractivity (Wildman–Crippen MR) is 80.3 cm³/mol. The van der Waals surface area contributed by atoms with Gasteiger partial charge in [-0.15, -0.1) is 12.4 Å². The highest BCUT2D eigenvalue weighted by Gasteiger charge is 2.07. The predicted octanol–water partition coefficient (Wildman–Crippen LogP) is 0.690. The number of nitrogens with one attached hydrogen (secondary N) is 2. The number of carbonyl (C=O) groups is 2. The molecule has 0 bridgehead atoms. The van der Waals surface area contributed by atoms with Gasteiger partial charge in [0.1, 0.15) is 0 Å². The van der Waals surface area contributed by atoms with Crippen molar-refractivity contribution in [1.82, 2.24) is 5.32 Å². The molecule has 0 radical (unpaired) electrons. The van der Waals surface area contributed by atoms with Crippen LogP contribution >= 0.6 is 12.4 Å². The summed E-state index contributed by atoms with van der Waals surface area (Å²) in [6, 6.07) is 5.05. The lowest BCUT2D eigenvalue weighted by Crippen LogP contribution is -2.30. The zero-order chi connectivity index (χ0) is 14.3. The zero-order valence-electron chi connectivity index (χ0n) is 11.6. The lowest BCUT2D eigenvalue weighted by atomic mass is 10.1. The van der Waals surface area contributed by atoms with Crippen molar-refractivity contribution < 1.29 is 14.3 Å². The molecule has 2 amide bonds. The molecule has 1 aromatic rings. The van der Waals surface area contributed by atoms with Crippen LogP contribution in [0.25, 0.3) is 0 Å². The molecule has 0 aliphatic heterocycles. The Morgan fingerprint density at radius 1 is 1.35 bits per heavy atom. The maximum atomic E-state index is 11.6. The number of nitrogens with two attached hydrogens (primary N) is 1. The summed E-state index contributed by atoms with van der Waals surface area (Å²) in [6.07, 6.45) is 0. The first-order valence-electron chi connectivity index (χ1n) is 5.94. The molecule has 112 valence electrons. The number of ether oxygens (including phenoxy) is 1. The molecule has 0 saturated carbocycles. The molecular weight excluding hydrogens is 282 g/mol. The van der Waals surface area contributed by atoms with Gasteiger partial charge < -0.3 is 21.1 Å². The molecular formula is C13H20ClN3O3. The van der Waals surface area contributed by atoms with Crippen molar-refractivity contribution in [2.24, 2.45) is 5.73 Å². The van der Waals surface area contributed by atoms with E-state index in [0.717, 1.165) is 5.56 Å². The Morgan fingerprint density at radius 3 is 2.65 bits per heavy atom. The van der Waals surface area contributed by atoms with Gasteiger partial charge in [0.2, 0.25) is 11.8 Å².